The van der Waals surface area contributed by atoms with Gasteiger partial charge in [0.1, 0.15) is 17.4 Å². The van der Waals surface area contributed by atoms with Gasteiger partial charge in [-0.15, -0.1) is 0 Å². The highest BCUT2D eigenvalue weighted by Gasteiger charge is 2.35. The Balaban J connectivity index is 2.79. The molecule has 1 aromatic heterocycles. The summed E-state index contributed by atoms with van der Waals surface area (Å²) < 4.78 is 44.1. The molecule has 19 heavy (non-hydrogen) atoms. The number of hydrogen-bond acceptors (Lipinski definition) is 1. The predicted octanol–water partition coefficient (Wildman–Crippen LogP) is 5.70. The third-order valence-electron chi connectivity index (χ3n) is 3.32. The number of fused-ring (bicyclic) bond motifs is 1. The van der Waals surface area contributed by atoms with Crippen LogP contribution in [0.4, 0.5) is 13.2 Å². The van der Waals surface area contributed by atoms with Crippen molar-refractivity contribution in [2.24, 2.45) is 0 Å². The van der Waals surface area contributed by atoms with Crippen molar-refractivity contribution in [1.29, 1.82) is 0 Å². The lowest BCUT2D eigenvalue weighted by atomic mass is 9.93. The van der Waals surface area contributed by atoms with Gasteiger partial charge in [0, 0.05) is 5.39 Å². The Bertz CT molecular complexity index is 591. The number of benzene rings is 1. The Morgan fingerprint density at radius 3 is 2.11 bits per heavy atom. The monoisotopic (exact) mass is 270 g/mol. The molecule has 0 aliphatic rings. The summed E-state index contributed by atoms with van der Waals surface area (Å²) in [5, 5.41) is 0.169. The van der Waals surface area contributed by atoms with E-state index in [4.69, 9.17) is 4.42 Å². The van der Waals surface area contributed by atoms with Crippen molar-refractivity contribution in [3.63, 3.8) is 0 Å². The Labute approximate surface area is 110 Å². The molecule has 0 aliphatic heterocycles. The van der Waals surface area contributed by atoms with Gasteiger partial charge in [0.15, 0.2) is 0 Å². The summed E-state index contributed by atoms with van der Waals surface area (Å²) in [6.45, 7) is 7.85. The van der Waals surface area contributed by atoms with E-state index in [1.807, 2.05) is 33.8 Å². The van der Waals surface area contributed by atoms with Crippen LogP contribution in [-0.2, 0) is 6.18 Å². The molecule has 0 fully saturated rings. The van der Waals surface area contributed by atoms with Crippen molar-refractivity contribution < 1.29 is 17.6 Å². The smallest absolute Gasteiger partial charge is 0.420 e. The molecule has 0 aliphatic carbocycles. The van der Waals surface area contributed by atoms with Gasteiger partial charge >= 0.3 is 6.18 Å². The van der Waals surface area contributed by atoms with Gasteiger partial charge in [0.2, 0.25) is 0 Å². The van der Waals surface area contributed by atoms with Crippen molar-refractivity contribution >= 4 is 11.0 Å². The fourth-order valence-corrected chi connectivity index (χ4v) is 2.17. The van der Waals surface area contributed by atoms with Crippen LogP contribution in [0.5, 0.6) is 0 Å². The largest absolute Gasteiger partial charge is 0.463 e. The standard InChI is InChI=1S/C15H17F3O/c1-8(2)10-5-11(9(3)4)14-12(6-10)13(7-19-14)15(16,17)18/h5-9H,1-4H3. The minimum absolute atomic E-state index is 0.119. The van der Waals surface area contributed by atoms with Crippen LogP contribution in [0, 0.1) is 0 Å². The summed E-state index contributed by atoms with van der Waals surface area (Å²) >= 11 is 0. The van der Waals surface area contributed by atoms with Crippen LogP contribution in [0.15, 0.2) is 22.8 Å². The van der Waals surface area contributed by atoms with E-state index in [1.54, 1.807) is 6.07 Å². The summed E-state index contributed by atoms with van der Waals surface area (Å²) in [4.78, 5) is 0. The van der Waals surface area contributed by atoms with Crippen molar-refractivity contribution in [1.82, 2.24) is 0 Å². The van der Waals surface area contributed by atoms with E-state index in [2.05, 4.69) is 0 Å². The van der Waals surface area contributed by atoms with Crippen molar-refractivity contribution in [3.05, 3.63) is 35.1 Å². The molecule has 0 amide bonds. The zero-order valence-corrected chi connectivity index (χ0v) is 11.4. The molecule has 0 N–H and O–H groups in total. The minimum atomic E-state index is -4.38. The molecule has 0 atom stereocenters. The number of furan rings is 1. The van der Waals surface area contributed by atoms with Gasteiger partial charge in [0.05, 0.1) is 0 Å². The van der Waals surface area contributed by atoms with Crippen LogP contribution in [-0.4, -0.2) is 0 Å². The molecule has 0 spiro atoms. The van der Waals surface area contributed by atoms with Crippen molar-refractivity contribution in [3.8, 4) is 0 Å². The number of rotatable bonds is 2. The second-order valence-corrected chi connectivity index (χ2v) is 5.44. The molecule has 1 aromatic carbocycles. The van der Waals surface area contributed by atoms with Crippen LogP contribution in [0.2, 0.25) is 0 Å². The Morgan fingerprint density at radius 2 is 1.63 bits per heavy atom. The Morgan fingerprint density at radius 1 is 1.00 bits per heavy atom. The van der Waals surface area contributed by atoms with Gasteiger partial charge in [-0.1, -0.05) is 33.8 Å². The fourth-order valence-electron chi connectivity index (χ4n) is 2.17. The van der Waals surface area contributed by atoms with Crippen LogP contribution in [0.3, 0.4) is 0 Å². The van der Waals surface area contributed by atoms with Gasteiger partial charge in [-0.2, -0.15) is 13.2 Å². The van der Waals surface area contributed by atoms with Gasteiger partial charge in [-0.05, 0) is 29.0 Å². The van der Waals surface area contributed by atoms with Crippen molar-refractivity contribution in [2.75, 3.05) is 0 Å². The molecular formula is C15H17F3O. The normalized spacial score (nSPS) is 12.9. The highest BCUT2D eigenvalue weighted by molar-refractivity contribution is 5.85. The first-order valence-corrected chi connectivity index (χ1v) is 6.34. The maximum Gasteiger partial charge on any atom is 0.420 e. The first kappa shape index (κ1) is 14.0. The summed E-state index contributed by atoms with van der Waals surface area (Å²) in [7, 11) is 0. The van der Waals surface area contributed by atoms with E-state index in [-0.39, 0.29) is 17.2 Å². The second kappa shape index (κ2) is 4.58. The van der Waals surface area contributed by atoms with E-state index < -0.39 is 11.7 Å². The third-order valence-corrected chi connectivity index (χ3v) is 3.32. The first-order valence-electron chi connectivity index (χ1n) is 6.34. The lowest BCUT2D eigenvalue weighted by Gasteiger charge is -2.13. The molecule has 104 valence electrons. The Kier molecular flexibility index (Phi) is 3.37. The average Bonchev–Trinajstić information content (AvgIpc) is 2.69. The molecule has 0 saturated heterocycles. The highest BCUT2D eigenvalue weighted by atomic mass is 19.4. The molecular weight excluding hydrogens is 253 g/mol. The van der Waals surface area contributed by atoms with Gasteiger partial charge in [-0.3, -0.25) is 0 Å². The van der Waals surface area contributed by atoms with Crippen LogP contribution >= 0.6 is 0 Å². The molecule has 4 heteroatoms. The van der Waals surface area contributed by atoms with E-state index in [1.165, 1.54) is 0 Å². The van der Waals surface area contributed by atoms with E-state index >= 15 is 0 Å². The average molecular weight is 270 g/mol. The summed E-state index contributed by atoms with van der Waals surface area (Å²) in [5.74, 6) is 0.298. The third kappa shape index (κ3) is 2.48. The number of hydrogen-bond donors (Lipinski definition) is 0. The molecule has 2 rings (SSSR count). The number of halogens is 3. The lowest BCUT2D eigenvalue weighted by Crippen LogP contribution is -2.04. The maximum absolute atomic E-state index is 13.0. The van der Waals surface area contributed by atoms with Crippen molar-refractivity contribution in [2.45, 2.75) is 45.7 Å². The maximum atomic E-state index is 13.0. The van der Waals surface area contributed by atoms with Gasteiger partial charge < -0.3 is 4.42 Å². The van der Waals surface area contributed by atoms with Crippen LogP contribution in [0.1, 0.15) is 56.2 Å². The zero-order valence-electron chi connectivity index (χ0n) is 11.4. The zero-order chi connectivity index (χ0) is 14.4. The lowest BCUT2D eigenvalue weighted by molar-refractivity contribution is -0.136. The van der Waals surface area contributed by atoms with Gasteiger partial charge in [-0.25, -0.2) is 0 Å². The fraction of sp³-hybridized carbons (Fsp3) is 0.467. The molecule has 0 radical (unpaired) electrons. The van der Waals surface area contributed by atoms with Crippen LogP contribution < -0.4 is 0 Å². The molecule has 1 nitrogen and oxygen atoms in total. The SMILES string of the molecule is CC(C)c1cc(C(C)C)c2occ(C(F)(F)F)c2c1. The molecule has 1 heterocycles. The van der Waals surface area contributed by atoms with Crippen LogP contribution in [0.25, 0.3) is 11.0 Å². The quantitative estimate of drug-likeness (QED) is 0.682. The highest BCUT2D eigenvalue weighted by Crippen LogP contribution is 2.40. The molecule has 0 saturated carbocycles. The minimum Gasteiger partial charge on any atom is -0.463 e. The summed E-state index contributed by atoms with van der Waals surface area (Å²) in [5.41, 5.74) is 1.40. The van der Waals surface area contributed by atoms with Gasteiger partial charge in [0.25, 0.3) is 0 Å². The second-order valence-electron chi connectivity index (χ2n) is 5.44. The summed E-state index contributed by atoms with van der Waals surface area (Å²) in [6, 6.07) is 3.54. The number of alkyl halides is 3. The molecule has 0 bridgehead atoms. The summed E-state index contributed by atoms with van der Waals surface area (Å²) in [6.07, 6.45) is -3.56. The Hall–Kier alpha value is -1.45. The van der Waals surface area contributed by atoms with E-state index in [0.29, 0.717) is 5.58 Å². The topological polar surface area (TPSA) is 13.1 Å². The van der Waals surface area contributed by atoms with E-state index in [0.717, 1.165) is 17.4 Å². The molecule has 0 unspecified atom stereocenters. The first-order chi connectivity index (χ1) is 8.71. The molecule has 2 aromatic rings. The predicted molar refractivity (Wildman–Crippen MR) is 69.4 cm³/mol. The van der Waals surface area contributed by atoms with E-state index in [9.17, 15) is 13.2 Å².